The molecule has 0 saturated heterocycles. The lowest BCUT2D eigenvalue weighted by atomic mass is 9.68. The quantitative estimate of drug-likeness (QED) is 0.483. The molecule has 0 N–H and O–H groups in total. The highest BCUT2D eigenvalue weighted by Crippen LogP contribution is 2.39. The van der Waals surface area contributed by atoms with Crippen LogP contribution in [0.15, 0.2) is 23.8 Å². The second-order valence-corrected chi connectivity index (χ2v) is 4.88. The van der Waals surface area contributed by atoms with Gasteiger partial charge in [0.2, 0.25) is 0 Å². The fourth-order valence-electron chi connectivity index (χ4n) is 2.00. The van der Waals surface area contributed by atoms with Gasteiger partial charge in [0.15, 0.2) is 5.78 Å². The highest BCUT2D eigenvalue weighted by Gasteiger charge is 2.34. The number of rotatable bonds is 2. The van der Waals surface area contributed by atoms with E-state index in [9.17, 15) is 4.79 Å². The standard InChI is InChI=1S/C13H20O/c1-5-6-12(14)11-9-10(2)7-8-13(11,3)4/h5-6,9,11H,7-8H2,1-4H3/b6-5-. The Labute approximate surface area is 86.9 Å². The lowest BCUT2D eigenvalue weighted by Gasteiger charge is -2.35. The van der Waals surface area contributed by atoms with Crippen molar-refractivity contribution in [3.63, 3.8) is 0 Å². The second-order valence-electron chi connectivity index (χ2n) is 4.88. The largest absolute Gasteiger partial charge is 0.294 e. The van der Waals surface area contributed by atoms with Crippen LogP contribution in [0.2, 0.25) is 0 Å². The van der Waals surface area contributed by atoms with E-state index in [0.717, 1.165) is 12.8 Å². The molecule has 14 heavy (non-hydrogen) atoms. The molecule has 1 nitrogen and oxygen atoms in total. The topological polar surface area (TPSA) is 17.1 Å². The van der Waals surface area contributed by atoms with Crippen LogP contribution >= 0.6 is 0 Å². The second kappa shape index (κ2) is 4.12. The Bertz CT molecular complexity index is 282. The maximum Gasteiger partial charge on any atom is 0.162 e. The molecular weight excluding hydrogens is 172 g/mol. The van der Waals surface area contributed by atoms with Gasteiger partial charge in [-0.3, -0.25) is 4.79 Å². The van der Waals surface area contributed by atoms with E-state index in [1.807, 2.05) is 13.0 Å². The highest BCUT2D eigenvalue weighted by atomic mass is 16.1. The maximum atomic E-state index is 11.8. The highest BCUT2D eigenvalue weighted by molar-refractivity contribution is 5.93. The first kappa shape index (κ1) is 11.2. The van der Waals surface area contributed by atoms with Gasteiger partial charge in [-0.25, -0.2) is 0 Å². The molecule has 0 aromatic heterocycles. The van der Waals surface area contributed by atoms with E-state index in [4.69, 9.17) is 0 Å². The fourth-order valence-corrected chi connectivity index (χ4v) is 2.00. The van der Waals surface area contributed by atoms with Crippen molar-refractivity contribution in [1.29, 1.82) is 0 Å². The maximum absolute atomic E-state index is 11.8. The Morgan fingerprint density at radius 3 is 2.79 bits per heavy atom. The van der Waals surface area contributed by atoms with Crippen molar-refractivity contribution >= 4 is 5.78 Å². The van der Waals surface area contributed by atoms with Crippen LogP contribution in [0.25, 0.3) is 0 Å². The number of carbonyl (C=O) groups excluding carboxylic acids is 1. The van der Waals surface area contributed by atoms with Gasteiger partial charge in [-0.05, 0) is 38.2 Å². The van der Waals surface area contributed by atoms with Crippen molar-refractivity contribution in [3.05, 3.63) is 23.8 Å². The van der Waals surface area contributed by atoms with Crippen molar-refractivity contribution in [1.82, 2.24) is 0 Å². The zero-order valence-corrected chi connectivity index (χ0v) is 9.63. The molecule has 0 aromatic rings. The summed E-state index contributed by atoms with van der Waals surface area (Å²) in [5.41, 5.74) is 1.48. The molecule has 1 heteroatoms. The monoisotopic (exact) mass is 192 g/mol. The average Bonchev–Trinajstić information content (AvgIpc) is 2.10. The molecule has 1 aliphatic carbocycles. The molecule has 1 atom stereocenters. The van der Waals surface area contributed by atoms with Crippen LogP contribution in [-0.2, 0) is 4.79 Å². The number of allylic oxidation sites excluding steroid dienone is 4. The van der Waals surface area contributed by atoms with Gasteiger partial charge in [-0.15, -0.1) is 0 Å². The molecular formula is C13H20O. The van der Waals surface area contributed by atoms with Gasteiger partial charge in [0.05, 0.1) is 0 Å². The Morgan fingerprint density at radius 1 is 1.57 bits per heavy atom. The Morgan fingerprint density at radius 2 is 2.21 bits per heavy atom. The number of carbonyl (C=O) groups is 1. The van der Waals surface area contributed by atoms with Gasteiger partial charge in [-0.1, -0.05) is 31.6 Å². The molecule has 1 unspecified atom stereocenters. The molecule has 0 radical (unpaired) electrons. The van der Waals surface area contributed by atoms with Crippen LogP contribution in [0, 0.1) is 11.3 Å². The minimum atomic E-state index is 0.0763. The van der Waals surface area contributed by atoms with Crippen LogP contribution in [0.1, 0.15) is 40.5 Å². The number of hydrogen-bond donors (Lipinski definition) is 0. The summed E-state index contributed by atoms with van der Waals surface area (Å²) in [4.78, 5) is 11.8. The van der Waals surface area contributed by atoms with Gasteiger partial charge < -0.3 is 0 Å². The molecule has 1 aliphatic rings. The molecule has 0 amide bonds. The normalized spacial score (nSPS) is 26.3. The van der Waals surface area contributed by atoms with Crippen LogP contribution in [0.5, 0.6) is 0 Å². The van der Waals surface area contributed by atoms with E-state index < -0.39 is 0 Å². The van der Waals surface area contributed by atoms with Gasteiger partial charge >= 0.3 is 0 Å². The van der Waals surface area contributed by atoms with Crippen molar-refractivity contribution in [2.45, 2.75) is 40.5 Å². The zero-order chi connectivity index (χ0) is 10.8. The zero-order valence-electron chi connectivity index (χ0n) is 9.63. The lowest BCUT2D eigenvalue weighted by Crippen LogP contribution is -2.31. The Hall–Kier alpha value is -0.850. The first-order valence-electron chi connectivity index (χ1n) is 5.31. The molecule has 0 bridgehead atoms. The lowest BCUT2D eigenvalue weighted by molar-refractivity contribution is -0.120. The molecule has 1 rings (SSSR count). The van der Waals surface area contributed by atoms with Crippen molar-refractivity contribution in [3.8, 4) is 0 Å². The summed E-state index contributed by atoms with van der Waals surface area (Å²) >= 11 is 0. The van der Waals surface area contributed by atoms with Crippen LogP contribution < -0.4 is 0 Å². The Balaban J connectivity index is 2.92. The summed E-state index contributed by atoms with van der Waals surface area (Å²) in [7, 11) is 0. The van der Waals surface area contributed by atoms with Crippen LogP contribution in [0.4, 0.5) is 0 Å². The van der Waals surface area contributed by atoms with E-state index in [-0.39, 0.29) is 17.1 Å². The molecule has 0 heterocycles. The van der Waals surface area contributed by atoms with E-state index in [2.05, 4.69) is 26.8 Å². The smallest absolute Gasteiger partial charge is 0.162 e. The van der Waals surface area contributed by atoms with Gasteiger partial charge in [0.1, 0.15) is 0 Å². The molecule has 0 saturated carbocycles. The van der Waals surface area contributed by atoms with Crippen molar-refractivity contribution in [2.24, 2.45) is 11.3 Å². The summed E-state index contributed by atoms with van der Waals surface area (Å²) < 4.78 is 0. The molecule has 0 aliphatic heterocycles. The number of ketones is 1. The van der Waals surface area contributed by atoms with Crippen molar-refractivity contribution in [2.75, 3.05) is 0 Å². The third kappa shape index (κ3) is 2.34. The SMILES string of the molecule is C/C=C\C(=O)C1C=C(C)CCC1(C)C. The average molecular weight is 192 g/mol. The van der Waals surface area contributed by atoms with E-state index in [1.165, 1.54) is 5.57 Å². The minimum Gasteiger partial charge on any atom is -0.294 e. The first-order valence-corrected chi connectivity index (χ1v) is 5.31. The van der Waals surface area contributed by atoms with Gasteiger partial charge in [-0.2, -0.15) is 0 Å². The van der Waals surface area contributed by atoms with E-state index in [1.54, 1.807) is 6.08 Å². The summed E-state index contributed by atoms with van der Waals surface area (Å²) in [6.45, 7) is 8.37. The summed E-state index contributed by atoms with van der Waals surface area (Å²) in [5.74, 6) is 0.323. The fraction of sp³-hybridized carbons (Fsp3) is 0.615. The summed E-state index contributed by atoms with van der Waals surface area (Å²) in [6, 6.07) is 0. The molecule has 0 fully saturated rings. The summed E-state index contributed by atoms with van der Waals surface area (Å²) in [6.07, 6.45) is 7.92. The van der Waals surface area contributed by atoms with Gasteiger partial charge in [0.25, 0.3) is 0 Å². The molecule has 78 valence electrons. The van der Waals surface area contributed by atoms with Crippen LogP contribution in [0.3, 0.4) is 0 Å². The van der Waals surface area contributed by atoms with Crippen LogP contribution in [-0.4, -0.2) is 5.78 Å². The molecule has 0 spiro atoms. The Kier molecular flexibility index (Phi) is 3.30. The van der Waals surface area contributed by atoms with Gasteiger partial charge in [0, 0.05) is 5.92 Å². The third-order valence-electron chi connectivity index (χ3n) is 3.09. The number of hydrogen-bond acceptors (Lipinski definition) is 1. The van der Waals surface area contributed by atoms with E-state index >= 15 is 0 Å². The third-order valence-corrected chi connectivity index (χ3v) is 3.09. The predicted octanol–water partition coefficient (Wildman–Crippen LogP) is 3.51. The minimum absolute atomic E-state index is 0.0763. The molecule has 0 aromatic carbocycles. The van der Waals surface area contributed by atoms with Crippen molar-refractivity contribution < 1.29 is 4.79 Å². The summed E-state index contributed by atoms with van der Waals surface area (Å²) in [5, 5.41) is 0. The van der Waals surface area contributed by atoms with E-state index in [0.29, 0.717) is 0 Å². The first-order chi connectivity index (χ1) is 6.47. The predicted molar refractivity (Wildman–Crippen MR) is 60.1 cm³/mol.